The van der Waals surface area contributed by atoms with Crippen LogP contribution in [-0.4, -0.2) is 26.3 Å². The molecule has 0 atom stereocenters. The first-order chi connectivity index (χ1) is 9.65. The van der Waals surface area contributed by atoms with E-state index >= 15 is 0 Å². The highest BCUT2D eigenvalue weighted by atomic mass is 16.5. The van der Waals surface area contributed by atoms with Crippen molar-refractivity contribution in [2.45, 2.75) is 13.5 Å². The number of aromatic nitrogens is 1. The maximum Gasteiger partial charge on any atom is 0.184 e. The Kier molecular flexibility index (Phi) is 4.45. The zero-order chi connectivity index (χ0) is 14.5. The van der Waals surface area contributed by atoms with Crippen molar-refractivity contribution in [3.8, 4) is 11.5 Å². The Morgan fingerprint density at radius 2 is 1.95 bits per heavy atom. The summed E-state index contributed by atoms with van der Waals surface area (Å²) in [7, 11) is 5.30. The second kappa shape index (κ2) is 6.28. The molecule has 0 N–H and O–H groups in total. The van der Waals surface area contributed by atoms with Crippen molar-refractivity contribution in [1.82, 2.24) is 4.98 Å². The fourth-order valence-electron chi connectivity index (χ4n) is 2.14. The molecule has 0 spiro atoms. The molecule has 1 aromatic carbocycles. The van der Waals surface area contributed by atoms with E-state index in [0.29, 0.717) is 18.0 Å². The van der Waals surface area contributed by atoms with Gasteiger partial charge in [0.15, 0.2) is 11.5 Å². The highest BCUT2D eigenvalue weighted by Gasteiger charge is 2.13. The predicted octanol–water partition coefficient (Wildman–Crippen LogP) is 3.04. The second-order valence-corrected chi connectivity index (χ2v) is 4.69. The van der Waals surface area contributed by atoms with Crippen LogP contribution in [0.25, 0.3) is 0 Å². The molecule has 0 aliphatic carbocycles. The number of ether oxygens (including phenoxy) is 2. The van der Waals surface area contributed by atoms with E-state index in [4.69, 9.17) is 9.47 Å². The average molecular weight is 272 g/mol. The number of benzene rings is 1. The number of nitrogens with zero attached hydrogens (tertiary/aromatic N) is 2. The maximum absolute atomic E-state index is 5.41. The van der Waals surface area contributed by atoms with Crippen molar-refractivity contribution in [3.05, 3.63) is 47.8 Å². The van der Waals surface area contributed by atoms with Gasteiger partial charge in [-0.05, 0) is 24.6 Å². The molecule has 0 radical (unpaired) electrons. The van der Waals surface area contributed by atoms with Gasteiger partial charge in [0.05, 0.1) is 20.8 Å². The van der Waals surface area contributed by atoms with Crippen LogP contribution in [0.15, 0.2) is 36.5 Å². The number of aryl methyl sites for hydroxylation is 1. The van der Waals surface area contributed by atoms with Crippen LogP contribution >= 0.6 is 0 Å². The molecule has 0 unspecified atom stereocenters. The van der Waals surface area contributed by atoms with Gasteiger partial charge in [-0.1, -0.05) is 12.1 Å². The van der Waals surface area contributed by atoms with Crippen molar-refractivity contribution < 1.29 is 9.47 Å². The zero-order valence-corrected chi connectivity index (χ0v) is 12.4. The number of hydrogen-bond acceptors (Lipinski definition) is 4. The highest BCUT2D eigenvalue weighted by molar-refractivity contribution is 5.50. The van der Waals surface area contributed by atoms with Crippen LogP contribution in [0.1, 0.15) is 11.3 Å². The van der Waals surface area contributed by atoms with Gasteiger partial charge < -0.3 is 14.4 Å². The Labute approximate surface area is 120 Å². The quantitative estimate of drug-likeness (QED) is 0.838. The second-order valence-electron chi connectivity index (χ2n) is 4.69. The van der Waals surface area contributed by atoms with Gasteiger partial charge in [-0.3, -0.25) is 4.98 Å². The monoisotopic (exact) mass is 272 g/mol. The SMILES string of the molecule is COc1ccnc(CN(C)c2cccc(C)c2)c1OC. The molecule has 0 aliphatic heterocycles. The molecule has 2 aromatic rings. The fraction of sp³-hybridized carbons (Fsp3) is 0.312. The molecule has 0 saturated carbocycles. The Morgan fingerprint density at radius 1 is 1.15 bits per heavy atom. The van der Waals surface area contributed by atoms with Crippen LogP contribution in [-0.2, 0) is 6.54 Å². The van der Waals surface area contributed by atoms with E-state index < -0.39 is 0 Å². The number of pyridine rings is 1. The number of rotatable bonds is 5. The van der Waals surface area contributed by atoms with Gasteiger partial charge >= 0.3 is 0 Å². The van der Waals surface area contributed by atoms with Gasteiger partial charge in [-0.25, -0.2) is 0 Å². The normalized spacial score (nSPS) is 10.2. The molecule has 4 heteroatoms. The highest BCUT2D eigenvalue weighted by Crippen LogP contribution is 2.30. The van der Waals surface area contributed by atoms with Gasteiger partial charge in [0.2, 0.25) is 0 Å². The molecular weight excluding hydrogens is 252 g/mol. The number of anilines is 1. The molecule has 1 heterocycles. The minimum Gasteiger partial charge on any atom is -0.493 e. The van der Waals surface area contributed by atoms with E-state index in [0.717, 1.165) is 11.4 Å². The summed E-state index contributed by atoms with van der Waals surface area (Å²) in [4.78, 5) is 6.54. The molecule has 0 amide bonds. The molecule has 0 bridgehead atoms. The average Bonchev–Trinajstić information content (AvgIpc) is 2.46. The van der Waals surface area contributed by atoms with Gasteiger partial charge in [-0.2, -0.15) is 0 Å². The largest absolute Gasteiger partial charge is 0.493 e. The standard InChI is InChI=1S/C16H20N2O2/c1-12-6-5-7-13(10-12)18(2)11-14-16(20-4)15(19-3)8-9-17-14/h5-10H,11H2,1-4H3. The van der Waals surface area contributed by atoms with Gasteiger partial charge in [0, 0.05) is 25.0 Å². The van der Waals surface area contributed by atoms with E-state index in [-0.39, 0.29) is 0 Å². The van der Waals surface area contributed by atoms with Crippen LogP contribution in [0.4, 0.5) is 5.69 Å². The summed E-state index contributed by atoms with van der Waals surface area (Å²) >= 11 is 0. The molecule has 0 saturated heterocycles. The fourth-order valence-corrected chi connectivity index (χ4v) is 2.14. The Bertz CT molecular complexity index is 584. The summed E-state index contributed by atoms with van der Waals surface area (Å²) in [6.45, 7) is 2.74. The molecule has 106 valence electrons. The van der Waals surface area contributed by atoms with Crippen molar-refractivity contribution >= 4 is 5.69 Å². The Balaban J connectivity index is 2.25. The molecule has 4 nitrogen and oxygen atoms in total. The van der Waals surface area contributed by atoms with Crippen LogP contribution < -0.4 is 14.4 Å². The minimum atomic E-state index is 0.657. The Morgan fingerprint density at radius 3 is 2.60 bits per heavy atom. The van der Waals surface area contributed by atoms with Gasteiger partial charge in [0.25, 0.3) is 0 Å². The Hall–Kier alpha value is -2.23. The van der Waals surface area contributed by atoms with Crippen molar-refractivity contribution in [2.24, 2.45) is 0 Å². The van der Waals surface area contributed by atoms with Crippen molar-refractivity contribution in [3.63, 3.8) is 0 Å². The third-order valence-electron chi connectivity index (χ3n) is 3.20. The summed E-state index contributed by atoms with van der Waals surface area (Å²) in [5, 5.41) is 0. The van der Waals surface area contributed by atoms with E-state index in [9.17, 15) is 0 Å². The predicted molar refractivity (Wildman–Crippen MR) is 80.6 cm³/mol. The van der Waals surface area contributed by atoms with Crippen LogP contribution in [0.2, 0.25) is 0 Å². The summed E-state index contributed by atoms with van der Waals surface area (Å²) in [5.41, 5.74) is 3.24. The lowest BCUT2D eigenvalue weighted by atomic mass is 10.2. The first kappa shape index (κ1) is 14.2. The maximum atomic E-state index is 5.41. The van der Waals surface area contributed by atoms with E-state index in [1.165, 1.54) is 5.56 Å². The first-order valence-electron chi connectivity index (χ1n) is 6.49. The van der Waals surface area contributed by atoms with E-state index in [1.807, 2.05) is 7.05 Å². The van der Waals surface area contributed by atoms with Crippen LogP contribution in [0.3, 0.4) is 0 Å². The summed E-state index contributed by atoms with van der Waals surface area (Å²) in [5.74, 6) is 1.39. The van der Waals surface area contributed by atoms with Crippen molar-refractivity contribution in [2.75, 3.05) is 26.2 Å². The van der Waals surface area contributed by atoms with Crippen LogP contribution in [0.5, 0.6) is 11.5 Å². The smallest absolute Gasteiger partial charge is 0.184 e. The van der Waals surface area contributed by atoms with Gasteiger partial charge in [0.1, 0.15) is 5.69 Å². The molecule has 20 heavy (non-hydrogen) atoms. The summed E-state index contributed by atoms with van der Waals surface area (Å²) < 4.78 is 10.7. The minimum absolute atomic E-state index is 0.657. The molecule has 1 aromatic heterocycles. The lowest BCUT2D eigenvalue weighted by Crippen LogP contribution is -2.18. The van der Waals surface area contributed by atoms with Gasteiger partial charge in [-0.15, -0.1) is 0 Å². The molecular formula is C16H20N2O2. The summed E-state index contributed by atoms with van der Waals surface area (Å²) in [6, 6.07) is 10.2. The van der Waals surface area contributed by atoms with E-state index in [1.54, 1.807) is 26.5 Å². The molecule has 0 fully saturated rings. The number of hydrogen-bond donors (Lipinski definition) is 0. The van der Waals surface area contributed by atoms with Crippen molar-refractivity contribution in [1.29, 1.82) is 0 Å². The third kappa shape index (κ3) is 3.02. The zero-order valence-electron chi connectivity index (χ0n) is 12.4. The number of methoxy groups -OCH3 is 2. The lowest BCUT2D eigenvalue weighted by Gasteiger charge is -2.21. The molecule has 0 aliphatic rings. The lowest BCUT2D eigenvalue weighted by molar-refractivity contribution is 0.349. The molecule has 2 rings (SSSR count). The third-order valence-corrected chi connectivity index (χ3v) is 3.20. The van der Waals surface area contributed by atoms with E-state index in [2.05, 4.69) is 41.1 Å². The first-order valence-corrected chi connectivity index (χ1v) is 6.49. The topological polar surface area (TPSA) is 34.6 Å². The van der Waals surface area contributed by atoms with Crippen LogP contribution in [0, 0.1) is 6.92 Å². The summed E-state index contributed by atoms with van der Waals surface area (Å²) in [6.07, 6.45) is 1.74.